The Morgan fingerprint density at radius 2 is 2.03 bits per heavy atom. The van der Waals surface area contributed by atoms with Crippen LogP contribution in [0.4, 0.5) is 5.69 Å². The normalized spacial score (nSPS) is 32.6. The second-order valence-electron chi connectivity index (χ2n) is 11.9. The average Bonchev–Trinajstić information content (AvgIpc) is 3.41. The molecule has 1 aromatic rings. The molecule has 8 nitrogen and oxygen atoms in total. The first-order valence-corrected chi connectivity index (χ1v) is 14.2. The molecule has 4 rings (SSSR count). The van der Waals surface area contributed by atoms with E-state index in [1.807, 2.05) is 59.7 Å². The quantitative estimate of drug-likeness (QED) is 0.358. The van der Waals surface area contributed by atoms with E-state index in [1.165, 1.54) is 0 Å². The van der Waals surface area contributed by atoms with Gasteiger partial charge in [-0.1, -0.05) is 45.4 Å². The predicted octanol–water partition coefficient (Wildman–Crippen LogP) is 3.80. The smallest absolute Gasteiger partial charge is 0.312 e. The van der Waals surface area contributed by atoms with Gasteiger partial charge in [-0.2, -0.15) is 0 Å². The number of aliphatic hydroxyl groups is 1. The minimum absolute atomic E-state index is 0.0794. The number of anilines is 1. The number of likely N-dealkylation sites (tertiary alicyclic amines) is 1. The highest BCUT2D eigenvalue weighted by Gasteiger charge is 2.81. The van der Waals surface area contributed by atoms with Gasteiger partial charge >= 0.3 is 5.97 Å². The third-order valence-corrected chi connectivity index (χ3v) is 9.61. The first-order valence-electron chi connectivity index (χ1n) is 14.2. The summed E-state index contributed by atoms with van der Waals surface area (Å²) in [7, 11) is 0. The lowest BCUT2D eigenvalue weighted by Gasteiger charge is -2.41. The maximum Gasteiger partial charge on any atom is 0.312 e. The van der Waals surface area contributed by atoms with Crippen molar-refractivity contribution in [3.63, 3.8) is 0 Å². The molecule has 3 heterocycles. The Balaban J connectivity index is 1.93. The molecule has 8 heteroatoms. The molecule has 39 heavy (non-hydrogen) atoms. The summed E-state index contributed by atoms with van der Waals surface area (Å²) in [6, 6.07) is 4.32. The summed E-state index contributed by atoms with van der Waals surface area (Å²) in [5.74, 6) is -2.95. The lowest BCUT2D eigenvalue weighted by atomic mass is 9.62. The van der Waals surface area contributed by atoms with Crippen LogP contribution in [0.1, 0.15) is 58.6 Å². The number of fused-ring (bicyclic) bond motifs is 1. The number of esters is 1. The van der Waals surface area contributed by atoms with Crippen LogP contribution in [-0.2, 0) is 23.9 Å². The fraction of sp³-hybridized carbons (Fsp3) is 0.645. The number of hydrogen-bond donors (Lipinski definition) is 1. The van der Waals surface area contributed by atoms with Crippen molar-refractivity contribution < 1.29 is 29.0 Å². The van der Waals surface area contributed by atoms with E-state index in [1.54, 1.807) is 22.8 Å². The van der Waals surface area contributed by atoms with Gasteiger partial charge in [-0.05, 0) is 63.1 Å². The van der Waals surface area contributed by atoms with E-state index in [9.17, 15) is 19.5 Å². The molecule has 3 aliphatic heterocycles. The van der Waals surface area contributed by atoms with Crippen LogP contribution in [0, 0.1) is 37.5 Å². The maximum absolute atomic E-state index is 14.8. The van der Waals surface area contributed by atoms with E-state index in [0.29, 0.717) is 12.8 Å². The van der Waals surface area contributed by atoms with E-state index in [0.717, 1.165) is 16.8 Å². The van der Waals surface area contributed by atoms with Crippen LogP contribution in [0.25, 0.3) is 0 Å². The van der Waals surface area contributed by atoms with E-state index in [2.05, 4.69) is 6.58 Å². The van der Waals surface area contributed by atoms with Gasteiger partial charge in [0.2, 0.25) is 5.91 Å². The fourth-order valence-corrected chi connectivity index (χ4v) is 7.31. The number of rotatable bonds is 10. The highest BCUT2D eigenvalue weighted by Crippen LogP contribution is 2.66. The fourth-order valence-electron chi connectivity index (χ4n) is 7.31. The minimum Gasteiger partial charge on any atom is -0.466 e. The van der Waals surface area contributed by atoms with Crippen molar-refractivity contribution in [1.29, 1.82) is 0 Å². The molecule has 2 bridgehead atoms. The zero-order valence-corrected chi connectivity index (χ0v) is 24.4. The number of ether oxygens (including phenoxy) is 2. The molecule has 8 atom stereocenters. The van der Waals surface area contributed by atoms with E-state index in [-0.39, 0.29) is 43.4 Å². The minimum atomic E-state index is -1.21. The molecule has 1 N–H and O–H groups in total. The number of amides is 2. The van der Waals surface area contributed by atoms with Crippen LogP contribution < -0.4 is 4.90 Å². The Bertz CT molecular complexity index is 1150. The third-order valence-electron chi connectivity index (χ3n) is 9.61. The van der Waals surface area contributed by atoms with Crippen LogP contribution in [0.15, 0.2) is 30.9 Å². The van der Waals surface area contributed by atoms with E-state index in [4.69, 9.17) is 9.47 Å². The highest BCUT2D eigenvalue weighted by molar-refractivity contribution is 6.05. The number of aryl methyl sites for hydroxylation is 2. The topological polar surface area (TPSA) is 96.4 Å². The monoisotopic (exact) mass is 540 g/mol. The van der Waals surface area contributed by atoms with Gasteiger partial charge in [-0.15, -0.1) is 6.58 Å². The van der Waals surface area contributed by atoms with Crippen LogP contribution in [0.2, 0.25) is 0 Å². The molecule has 2 amide bonds. The van der Waals surface area contributed by atoms with Crippen molar-refractivity contribution >= 4 is 23.5 Å². The molecule has 1 spiro atoms. The van der Waals surface area contributed by atoms with Gasteiger partial charge in [0.15, 0.2) is 0 Å². The molecule has 214 valence electrons. The Morgan fingerprint density at radius 1 is 1.33 bits per heavy atom. The Labute approximate surface area is 232 Å². The van der Waals surface area contributed by atoms with E-state index < -0.39 is 41.1 Å². The first-order chi connectivity index (χ1) is 18.4. The molecule has 3 unspecified atom stereocenters. The number of hydrogen-bond acceptors (Lipinski definition) is 6. The summed E-state index contributed by atoms with van der Waals surface area (Å²) in [6.07, 6.45) is 2.83. The zero-order valence-electron chi connectivity index (χ0n) is 24.4. The number of carbonyl (C=O) groups is 3. The molecular formula is C31H44N2O6. The van der Waals surface area contributed by atoms with Crippen molar-refractivity contribution in [2.24, 2.45) is 23.7 Å². The summed E-state index contributed by atoms with van der Waals surface area (Å²) >= 11 is 0. The number of nitrogens with zero attached hydrogens (tertiary/aromatic N) is 2. The van der Waals surface area contributed by atoms with Crippen LogP contribution >= 0.6 is 0 Å². The zero-order chi connectivity index (χ0) is 28.9. The molecule has 3 fully saturated rings. The van der Waals surface area contributed by atoms with Gasteiger partial charge in [0.1, 0.15) is 17.6 Å². The summed E-state index contributed by atoms with van der Waals surface area (Å²) in [4.78, 5) is 45.9. The Kier molecular flexibility index (Phi) is 8.03. The van der Waals surface area contributed by atoms with Gasteiger partial charge in [0, 0.05) is 12.2 Å². The van der Waals surface area contributed by atoms with Gasteiger partial charge in [-0.3, -0.25) is 14.4 Å². The van der Waals surface area contributed by atoms with Crippen molar-refractivity contribution in [2.45, 2.75) is 84.6 Å². The molecule has 3 aliphatic rings. The summed E-state index contributed by atoms with van der Waals surface area (Å²) in [5, 5.41) is 10.6. The first kappa shape index (κ1) is 29.3. The molecular weight excluding hydrogens is 496 g/mol. The standard InChI is InChI=1S/C31H44N2O6/c1-9-14-32(22-15-18(4)12-13-20(22)6)28(36)26-31-16-21(7)30(8,39-31)25(29(37)38-11-3)24(31)27(35)33(26)23(17-34)19(5)10-2/h9,12-13,15,19,21,23-26,34H,1,10-11,14,16-17H2,2-8H3/t19-,21?,23-,24-,25+,26?,30-,31?/m0/s1. The Morgan fingerprint density at radius 3 is 2.62 bits per heavy atom. The molecule has 0 aliphatic carbocycles. The predicted molar refractivity (Wildman–Crippen MR) is 149 cm³/mol. The lowest BCUT2D eigenvalue weighted by Crippen LogP contribution is -2.60. The van der Waals surface area contributed by atoms with Crippen LogP contribution in [0.3, 0.4) is 0 Å². The van der Waals surface area contributed by atoms with Gasteiger partial charge in [-0.25, -0.2) is 0 Å². The SMILES string of the molecule is C=CCN(C(=O)C1N([C@@H](CO)[C@@H](C)CC)C(=O)[C@@H]2[C@H](C(=O)OCC)[C@@]3(C)OC12CC3C)c1cc(C)ccc1C. The molecule has 0 aromatic heterocycles. The molecule has 0 saturated carbocycles. The van der Waals surface area contributed by atoms with Gasteiger partial charge in [0.25, 0.3) is 5.91 Å². The second kappa shape index (κ2) is 10.7. The van der Waals surface area contributed by atoms with Crippen molar-refractivity contribution in [3.8, 4) is 0 Å². The van der Waals surface area contributed by atoms with E-state index >= 15 is 0 Å². The third kappa shape index (κ3) is 4.31. The summed E-state index contributed by atoms with van der Waals surface area (Å²) in [5.41, 5.74) is 0.512. The second-order valence-corrected chi connectivity index (χ2v) is 11.9. The lowest BCUT2D eigenvalue weighted by molar-refractivity contribution is -0.162. The number of benzene rings is 1. The van der Waals surface area contributed by atoms with Gasteiger partial charge in [0.05, 0.1) is 30.8 Å². The van der Waals surface area contributed by atoms with Crippen molar-refractivity contribution in [3.05, 3.63) is 42.0 Å². The average molecular weight is 541 g/mol. The van der Waals surface area contributed by atoms with Crippen LogP contribution in [0.5, 0.6) is 0 Å². The molecule has 1 aromatic carbocycles. The van der Waals surface area contributed by atoms with Crippen molar-refractivity contribution in [1.82, 2.24) is 4.90 Å². The van der Waals surface area contributed by atoms with Gasteiger partial charge < -0.3 is 24.4 Å². The number of carbonyl (C=O) groups excluding carboxylic acids is 3. The summed E-state index contributed by atoms with van der Waals surface area (Å²) in [6.45, 7) is 17.5. The molecule has 3 saturated heterocycles. The summed E-state index contributed by atoms with van der Waals surface area (Å²) < 4.78 is 12.3. The number of aliphatic hydroxyl groups excluding tert-OH is 1. The largest absolute Gasteiger partial charge is 0.466 e. The maximum atomic E-state index is 14.8. The Hall–Kier alpha value is -2.71. The molecule has 0 radical (unpaired) electrons. The van der Waals surface area contributed by atoms with Crippen LogP contribution in [-0.4, -0.2) is 70.8 Å². The van der Waals surface area contributed by atoms with Crippen molar-refractivity contribution in [2.75, 3.05) is 24.7 Å². The highest BCUT2D eigenvalue weighted by atomic mass is 16.6.